The van der Waals surface area contributed by atoms with Crippen LogP contribution in [0.5, 0.6) is 0 Å². The van der Waals surface area contributed by atoms with Crippen molar-refractivity contribution >= 4 is 10.9 Å². The molecular weight excluding hydrogens is 158 g/mol. The molecule has 0 aliphatic heterocycles. The second-order valence-corrected chi connectivity index (χ2v) is 3.62. The molecule has 0 radical (unpaired) electrons. The normalized spacial score (nSPS) is 13.4. The van der Waals surface area contributed by atoms with E-state index in [2.05, 4.69) is 49.2 Å². The predicted molar refractivity (Wildman–Crippen MR) is 59.1 cm³/mol. The Morgan fingerprint density at radius 2 is 2.15 bits per heavy atom. The minimum atomic E-state index is 0. The van der Waals surface area contributed by atoms with Gasteiger partial charge < -0.3 is 4.98 Å². The number of aromatic amines is 1. The van der Waals surface area contributed by atoms with E-state index in [4.69, 9.17) is 0 Å². The smallest absolute Gasteiger partial charge is 0.0456 e. The molecule has 2 rings (SSSR count). The summed E-state index contributed by atoms with van der Waals surface area (Å²) >= 11 is 0. The summed E-state index contributed by atoms with van der Waals surface area (Å²) in [5.74, 6) is 0.632. The lowest BCUT2D eigenvalue weighted by molar-refractivity contribution is 0.715. The number of H-pyrrole nitrogens is 1. The van der Waals surface area contributed by atoms with Crippen molar-refractivity contribution in [2.24, 2.45) is 0 Å². The van der Waals surface area contributed by atoms with E-state index in [9.17, 15) is 0 Å². The number of aromatic nitrogens is 1. The summed E-state index contributed by atoms with van der Waals surface area (Å²) in [5.41, 5.74) is 2.60. The van der Waals surface area contributed by atoms with E-state index in [0.717, 1.165) is 0 Å². The first-order valence-corrected chi connectivity index (χ1v) is 4.89. The summed E-state index contributed by atoms with van der Waals surface area (Å²) in [7, 11) is 0. The molecule has 0 spiro atoms. The van der Waals surface area contributed by atoms with Crippen LogP contribution >= 0.6 is 0 Å². The highest BCUT2D eigenvalue weighted by molar-refractivity contribution is 5.80. The number of para-hydroxylation sites is 1. The maximum absolute atomic E-state index is 3.45. The lowest BCUT2D eigenvalue weighted by Gasteiger charge is -2.03. The van der Waals surface area contributed by atoms with Crippen LogP contribution in [0.15, 0.2) is 30.3 Å². The van der Waals surface area contributed by atoms with Crippen molar-refractivity contribution in [3.63, 3.8) is 0 Å². The molecule has 1 heteroatoms. The SMILES string of the molecule is CCC(C)c1cc2ccccc2[nH]1.[HH]. The Kier molecular flexibility index (Phi) is 2.09. The Morgan fingerprint density at radius 1 is 1.38 bits per heavy atom. The minimum Gasteiger partial charge on any atom is -0.358 e. The third-order valence-electron chi connectivity index (χ3n) is 2.69. The van der Waals surface area contributed by atoms with Crippen molar-refractivity contribution in [2.75, 3.05) is 0 Å². The van der Waals surface area contributed by atoms with Gasteiger partial charge in [-0.25, -0.2) is 0 Å². The van der Waals surface area contributed by atoms with Gasteiger partial charge in [0.2, 0.25) is 0 Å². The van der Waals surface area contributed by atoms with Gasteiger partial charge in [0.25, 0.3) is 0 Å². The van der Waals surface area contributed by atoms with Crippen molar-refractivity contribution in [3.05, 3.63) is 36.0 Å². The summed E-state index contributed by atoms with van der Waals surface area (Å²) in [5, 5.41) is 1.32. The van der Waals surface area contributed by atoms with Gasteiger partial charge in [-0.2, -0.15) is 0 Å². The van der Waals surface area contributed by atoms with E-state index in [1.807, 2.05) is 0 Å². The van der Waals surface area contributed by atoms with E-state index < -0.39 is 0 Å². The number of hydrogen-bond acceptors (Lipinski definition) is 0. The van der Waals surface area contributed by atoms with Gasteiger partial charge in [-0.3, -0.25) is 0 Å². The Labute approximate surface area is 80.3 Å². The van der Waals surface area contributed by atoms with Crippen molar-refractivity contribution in [2.45, 2.75) is 26.2 Å². The summed E-state index contributed by atoms with van der Waals surface area (Å²) in [4.78, 5) is 3.45. The molecule has 1 N–H and O–H groups in total. The van der Waals surface area contributed by atoms with Gasteiger partial charge in [0.15, 0.2) is 0 Å². The van der Waals surface area contributed by atoms with E-state index in [1.165, 1.54) is 23.0 Å². The lowest BCUT2D eigenvalue weighted by Crippen LogP contribution is -1.89. The number of benzene rings is 1. The quantitative estimate of drug-likeness (QED) is 0.711. The largest absolute Gasteiger partial charge is 0.358 e. The second-order valence-electron chi connectivity index (χ2n) is 3.62. The number of rotatable bonds is 2. The average Bonchev–Trinajstić information content (AvgIpc) is 2.59. The summed E-state index contributed by atoms with van der Waals surface area (Å²) in [6.45, 7) is 4.47. The van der Waals surface area contributed by atoms with Crippen molar-refractivity contribution in [3.8, 4) is 0 Å². The van der Waals surface area contributed by atoms with Crippen LogP contribution < -0.4 is 0 Å². The van der Waals surface area contributed by atoms with Gasteiger partial charge in [-0.05, 0) is 29.9 Å². The molecule has 1 heterocycles. The van der Waals surface area contributed by atoms with Gasteiger partial charge in [0.1, 0.15) is 0 Å². The van der Waals surface area contributed by atoms with E-state index >= 15 is 0 Å². The van der Waals surface area contributed by atoms with E-state index in [1.54, 1.807) is 0 Å². The summed E-state index contributed by atoms with van der Waals surface area (Å²) in [6, 6.07) is 10.7. The fraction of sp³-hybridized carbons (Fsp3) is 0.333. The van der Waals surface area contributed by atoms with Crippen molar-refractivity contribution < 1.29 is 1.43 Å². The Balaban J connectivity index is 0.000000980. The molecule has 0 bridgehead atoms. The molecule has 0 aliphatic rings. The first kappa shape index (κ1) is 8.36. The van der Waals surface area contributed by atoms with Gasteiger partial charge >= 0.3 is 0 Å². The molecule has 70 valence electrons. The lowest BCUT2D eigenvalue weighted by atomic mass is 10.1. The molecule has 0 amide bonds. The molecular formula is C12H17N. The molecule has 13 heavy (non-hydrogen) atoms. The fourth-order valence-electron chi connectivity index (χ4n) is 1.58. The highest BCUT2D eigenvalue weighted by Crippen LogP contribution is 2.22. The van der Waals surface area contributed by atoms with Crippen LogP contribution in [0, 0.1) is 0 Å². The van der Waals surface area contributed by atoms with Crippen LogP contribution in [0.2, 0.25) is 0 Å². The predicted octanol–water partition coefficient (Wildman–Crippen LogP) is 3.93. The Morgan fingerprint density at radius 3 is 2.85 bits per heavy atom. The van der Waals surface area contributed by atoms with Gasteiger partial charge in [-0.1, -0.05) is 32.0 Å². The maximum Gasteiger partial charge on any atom is 0.0456 e. The summed E-state index contributed by atoms with van der Waals surface area (Å²) in [6.07, 6.45) is 1.19. The highest BCUT2D eigenvalue weighted by Gasteiger charge is 2.05. The molecule has 1 atom stereocenters. The standard InChI is InChI=1S/C12H15N.H2/c1-3-9(2)12-8-10-6-4-5-7-11(10)13-12;/h4-9,13H,3H2,1-2H3;1H. The van der Waals surface area contributed by atoms with Gasteiger partial charge in [0, 0.05) is 12.6 Å². The third kappa shape index (κ3) is 1.46. The topological polar surface area (TPSA) is 15.8 Å². The van der Waals surface area contributed by atoms with Crippen LogP contribution in [0.1, 0.15) is 33.3 Å². The van der Waals surface area contributed by atoms with Crippen LogP contribution in [0.4, 0.5) is 0 Å². The van der Waals surface area contributed by atoms with Gasteiger partial charge in [-0.15, -0.1) is 0 Å². The minimum absolute atomic E-state index is 0. The number of fused-ring (bicyclic) bond motifs is 1. The first-order chi connectivity index (χ1) is 6.31. The molecule has 1 aromatic carbocycles. The molecule has 1 nitrogen and oxygen atoms in total. The Bertz CT molecular complexity index is 372. The van der Waals surface area contributed by atoms with E-state index in [-0.39, 0.29) is 1.43 Å². The monoisotopic (exact) mass is 175 g/mol. The van der Waals surface area contributed by atoms with Crippen molar-refractivity contribution in [1.29, 1.82) is 0 Å². The Hall–Kier alpha value is -1.24. The molecule has 0 saturated carbocycles. The zero-order chi connectivity index (χ0) is 9.26. The van der Waals surface area contributed by atoms with Gasteiger partial charge in [0.05, 0.1) is 0 Å². The second kappa shape index (κ2) is 3.25. The van der Waals surface area contributed by atoms with Crippen LogP contribution in [0.3, 0.4) is 0 Å². The zero-order valence-electron chi connectivity index (χ0n) is 8.17. The molecule has 0 saturated heterocycles. The molecule has 0 fully saturated rings. The zero-order valence-corrected chi connectivity index (χ0v) is 8.17. The maximum atomic E-state index is 3.45. The van der Waals surface area contributed by atoms with Crippen LogP contribution in [0.25, 0.3) is 10.9 Å². The first-order valence-electron chi connectivity index (χ1n) is 4.89. The molecule has 2 aromatic rings. The summed E-state index contributed by atoms with van der Waals surface area (Å²) < 4.78 is 0. The third-order valence-corrected chi connectivity index (χ3v) is 2.69. The highest BCUT2D eigenvalue weighted by atomic mass is 14.7. The fourth-order valence-corrected chi connectivity index (χ4v) is 1.58. The van der Waals surface area contributed by atoms with Crippen LogP contribution in [-0.4, -0.2) is 4.98 Å². The van der Waals surface area contributed by atoms with Crippen molar-refractivity contribution in [1.82, 2.24) is 4.98 Å². The average molecular weight is 175 g/mol. The molecule has 1 unspecified atom stereocenters. The molecule has 1 aromatic heterocycles. The number of hydrogen-bond donors (Lipinski definition) is 1. The molecule has 0 aliphatic carbocycles. The van der Waals surface area contributed by atoms with E-state index in [0.29, 0.717) is 5.92 Å². The van der Waals surface area contributed by atoms with Crippen LogP contribution in [-0.2, 0) is 0 Å². The number of nitrogens with one attached hydrogen (secondary N) is 1.